The molecule has 1 aromatic heterocycles. The minimum Gasteiger partial charge on any atom is -0.464 e. The molecule has 0 aliphatic carbocycles. The molecular formula is C18H16N2O2S. The molecule has 5 heteroatoms. The zero-order chi connectivity index (χ0) is 16.2. The van der Waals surface area contributed by atoms with Gasteiger partial charge in [-0.25, -0.2) is 9.78 Å². The van der Waals surface area contributed by atoms with Crippen LogP contribution in [0.3, 0.4) is 0 Å². The van der Waals surface area contributed by atoms with Crippen molar-refractivity contribution in [3.63, 3.8) is 0 Å². The van der Waals surface area contributed by atoms with Crippen LogP contribution in [0.4, 0.5) is 11.4 Å². The third kappa shape index (κ3) is 3.29. The molecule has 3 rings (SSSR count). The Kier molecular flexibility index (Phi) is 4.48. The fourth-order valence-corrected chi connectivity index (χ4v) is 2.80. The van der Waals surface area contributed by atoms with Crippen molar-refractivity contribution in [2.24, 2.45) is 0 Å². The first-order valence-corrected chi connectivity index (χ1v) is 8.33. The maximum absolute atomic E-state index is 11.8. The first-order chi connectivity index (χ1) is 11.2. The summed E-state index contributed by atoms with van der Waals surface area (Å²) in [5.74, 6) is -0.448. The molecule has 0 atom stereocenters. The number of thioether (sulfide) groups is 1. The first kappa shape index (κ1) is 15.4. The number of anilines is 2. The number of esters is 1. The Bertz CT molecular complexity index is 865. The highest BCUT2D eigenvalue weighted by Crippen LogP contribution is 2.28. The van der Waals surface area contributed by atoms with Gasteiger partial charge in [0.05, 0.1) is 18.3 Å². The fourth-order valence-electron chi connectivity index (χ4n) is 2.34. The molecule has 0 aliphatic rings. The smallest absolute Gasteiger partial charge is 0.356 e. The van der Waals surface area contributed by atoms with Crippen molar-refractivity contribution < 1.29 is 9.53 Å². The topological polar surface area (TPSA) is 51.2 Å². The number of hydrogen-bond acceptors (Lipinski definition) is 5. The Labute approximate surface area is 138 Å². The van der Waals surface area contributed by atoms with E-state index < -0.39 is 5.97 Å². The quantitative estimate of drug-likeness (QED) is 0.566. The van der Waals surface area contributed by atoms with Crippen LogP contribution in [-0.4, -0.2) is 24.3 Å². The second-order valence-electron chi connectivity index (χ2n) is 4.92. The van der Waals surface area contributed by atoms with Gasteiger partial charge in [-0.2, -0.15) is 0 Å². The number of para-hydroxylation sites is 1. The average Bonchev–Trinajstić information content (AvgIpc) is 2.61. The summed E-state index contributed by atoms with van der Waals surface area (Å²) < 4.78 is 4.79. The van der Waals surface area contributed by atoms with Gasteiger partial charge in [0.1, 0.15) is 0 Å². The van der Waals surface area contributed by atoms with Gasteiger partial charge >= 0.3 is 5.97 Å². The Hall–Kier alpha value is -2.53. The summed E-state index contributed by atoms with van der Waals surface area (Å²) in [7, 11) is 1.36. The SMILES string of the molecule is COC(=O)c1cc(Nc2cccc(SC)c2)c2ccccc2n1. The van der Waals surface area contributed by atoms with E-state index >= 15 is 0 Å². The highest BCUT2D eigenvalue weighted by Gasteiger charge is 2.12. The number of carbonyl (C=O) groups is 1. The lowest BCUT2D eigenvalue weighted by Crippen LogP contribution is -2.05. The molecule has 0 saturated carbocycles. The van der Waals surface area contributed by atoms with Crippen molar-refractivity contribution in [3.8, 4) is 0 Å². The molecule has 0 aliphatic heterocycles. The molecule has 0 bridgehead atoms. The van der Waals surface area contributed by atoms with E-state index in [2.05, 4.69) is 22.4 Å². The summed E-state index contributed by atoms with van der Waals surface area (Å²) in [5, 5.41) is 4.33. The summed E-state index contributed by atoms with van der Waals surface area (Å²) in [4.78, 5) is 17.4. The predicted octanol–water partition coefficient (Wildman–Crippen LogP) is 4.49. The number of ether oxygens (including phenoxy) is 1. The van der Waals surface area contributed by atoms with E-state index in [4.69, 9.17) is 4.74 Å². The van der Waals surface area contributed by atoms with Crippen LogP contribution in [0.25, 0.3) is 10.9 Å². The van der Waals surface area contributed by atoms with Gasteiger partial charge in [-0.1, -0.05) is 24.3 Å². The molecule has 0 unspecified atom stereocenters. The molecule has 0 radical (unpaired) electrons. The van der Waals surface area contributed by atoms with E-state index in [1.807, 2.05) is 42.7 Å². The van der Waals surface area contributed by atoms with E-state index in [9.17, 15) is 4.79 Å². The Morgan fingerprint density at radius 3 is 2.74 bits per heavy atom. The second kappa shape index (κ2) is 6.71. The summed E-state index contributed by atoms with van der Waals surface area (Å²) in [6, 6.07) is 17.5. The second-order valence-corrected chi connectivity index (χ2v) is 5.80. The normalized spacial score (nSPS) is 10.5. The van der Waals surface area contributed by atoms with Gasteiger partial charge < -0.3 is 10.1 Å². The molecule has 0 fully saturated rings. The van der Waals surface area contributed by atoms with Crippen LogP contribution in [0.15, 0.2) is 59.5 Å². The molecular weight excluding hydrogens is 308 g/mol. The summed E-state index contributed by atoms with van der Waals surface area (Å²) in [5.41, 5.74) is 2.83. The van der Waals surface area contributed by atoms with Crippen LogP contribution in [-0.2, 0) is 4.74 Å². The Morgan fingerprint density at radius 1 is 1.13 bits per heavy atom. The first-order valence-electron chi connectivity index (χ1n) is 7.10. The number of pyridine rings is 1. The molecule has 2 aromatic carbocycles. The van der Waals surface area contributed by atoms with Crippen LogP contribution in [0.2, 0.25) is 0 Å². The van der Waals surface area contributed by atoms with E-state index in [0.29, 0.717) is 0 Å². The van der Waals surface area contributed by atoms with Gasteiger partial charge in [0, 0.05) is 16.0 Å². The number of benzene rings is 2. The Morgan fingerprint density at radius 2 is 1.96 bits per heavy atom. The molecule has 3 aromatic rings. The van der Waals surface area contributed by atoms with Crippen LogP contribution in [0, 0.1) is 0 Å². The number of rotatable bonds is 4. The van der Waals surface area contributed by atoms with E-state index in [1.54, 1.807) is 17.8 Å². The summed E-state index contributed by atoms with van der Waals surface area (Å²) in [6.45, 7) is 0. The van der Waals surface area contributed by atoms with Crippen molar-refractivity contribution in [1.29, 1.82) is 0 Å². The molecule has 0 amide bonds. The number of nitrogens with zero attached hydrogens (tertiary/aromatic N) is 1. The minimum absolute atomic E-state index is 0.287. The fraction of sp³-hybridized carbons (Fsp3) is 0.111. The lowest BCUT2D eigenvalue weighted by atomic mass is 10.1. The standard InChI is InChI=1S/C18H16N2O2S/c1-22-18(21)17-11-16(14-8-3-4-9-15(14)20-17)19-12-6-5-7-13(10-12)23-2/h3-11H,1-2H3,(H,19,20). The molecule has 4 nitrogen and oxygen atoms in total. The third-order valence-corrected chi connectivity index (χ3v) is 4.18. The van der Waals surface area contributed by atoms with Crippen LogP contribution in [0.1, 0.15) is 10.5 Å². The van der Waals surface area contributed by atoms with Gasteiger partial charge in [-0.15, -0.1) is 11.8 Å². The van der Waals surface area contributed by atoms with E-state index in [-0.39, 0.29) is 5.69 Å². The van der Waals surface area contributed by atoms with Gasteiger partial charge in [0.2, 0.25) is 0 Å². The summed E-state index contributed by atoms with van der Waals surface area (Å²) >= 11 is 1.68. The maximum atomic E-state index is 11.8. The van der Waals surface area contributed by atoms with E-state index in [1.165, 1.54) is 12.0 Å². The van der Waals surface area contributed by atoms with Crippen molar-refractivity contribution in [3.05, 3.63) is 60.3 Å². The van der Waals surface area contributed by atoms with Crippen molar-refractivity contribution in [2.75, 3.05) is 18.7 Å². The maximum Gasteiger partial charge on any atom is 0.356 e. The lowest BCUT2D eigenvalue weighted by molar-refractivity contribution is 0.0594. The molecule has 116 valence electrons. The predicted molar refractivity (Wildman–Crippen MR) is 94.6 cm³/mol. The zero-order valence-corrected chi connectivity index (χ0v) is 13.7. The number of aromatic nitrogens is 1. The number of hydrogen-bond donors (Lipinski definition) is 1. The van der Waals surface area contributed by atoms with Gasteiger partial charge in [0.25, 0.3) is 0 Å². The zero-order valence-electron chi connectivity index (χ0n) is 12.9. The minimum atomic E-state index is -0.448. The van der Waals surface area contributed by atoms with Gasteiger partial charge in [-0.3, -0.25) is 0 Å². The highest BCUT2D eigenvalue weighted by molar-refractivity contribution is 7.98. The largest absolute Gasteiger partial charge is 0.464 e. The molecule has 1 N–H and O–H groups in total. The van der Waals surface area contributed by atoms with Crippen LogP contribution < -0.4 is 5.32 Å². The number of fused-ring (bicyclic) bond motifs is 1. The van der Waals surface area contributed by atoms with Crippen LogP contribution >= 0.6 is 11.8 Å². The highest BCUT2D eigenvalue weighted by atomic mass is 32.2. The molecule has 0 spiro atoms. The summed E-state index contributed by atoms with van der Waals surface area (Å²) in [6.07, 6.45) is 2.04. The van der Waals surface area contributed by atoms with Crippen LogP contribution in [0.5, 0.6) is 0 Å². The third-order valence-electron chi connectivity index (χ3n) is 3.46. The molecule has 1 heterocycles. The number of nitrogens with one attached hydrogen (secondary N) is 1. The van der Waals surface area contributed by atoms with E-state index in [0.717, 1.165) is 22.3 Å². The van der Waals surface area contributed by atoms with Crippen molar-refractivity contribution >= 4 is 40.0 Å². The van der Waals surface area contributed by atoms with Gasteiger partial charge in [-0.05, 0) is 36.6 Å². The Balaban J connectivity index is 2.09. The lowest BCUT2D eigenvalue weighted by Gasteiger charge is -2.12. The average molecular weight is 324 g/mol. The number of carbonyl (C=O) groups excluding carboxylic acids is 1. The van der Waals surface area contributed by atoms with Gasteiger partial charge in [0.15, 0.2) is 5.69 Å². The molecule has 23 heavy (non-hydrogen) atoms. The van der Waals surface area contributed by atoms with Crippen molar-refractivity contribution in [1.82, 2.24) is 4.98 Å². The van der Waals surface area contributed by atoms with Crippen molar-refractivity contribution in [2.45, 2.75) is 4.90 Å². The molecule has 0 saturated heterocycles. The number of methoxy groups -OCH3 is 1. The monoisotopic (exact) mass is 324 g/mol.